The maximum atomic E-state index is 12.1. The summed E-state index contributed by atoms with van der Waals surface area (Å²) in [6.07, 6.45) is 3.21. The number of morpholine rings is 1. The van der Waals surface area contributed by atoms with Gasteiger partial charge in [0.2, 0.25) is 0 Å². The van der Waals surface area contributed by atoms with Crippen LogP contribution in [0.2, 0.25) is 0 Å². The highest BCUT2D eigenvalue weighted by atomic mass is 16.5. The Bertz CT molecular complexity index is 622. The number of amides is 2. The van der Waals surface area contributed by atoms with E-state index in [0.29, 0.717) is 6.54 Å². The lowest BCUT2D eigenvalue weighted by molar-refractivity contribution is 0.0343. The third kappa shape index (κ3) is 4.58. The Morgan fingerprint density at radius 3 is 2.78 bits per heavy atom. The summed E-state index contributed by atoms with van der Waals surface area (Å²) in [5.74, 6) is 0. The molecule has 2 amide bonds. The second kappa shape index (κ2) is 7.80. The summed E-state index contributed by atoms with van der Waals surface area (Å²) in [5.41, 5.74) is 2.87. The maximum Gasteiger partial charge on any atom is 0.319 e. The third-order valence-electron chi connectivity index (χ3n) is 3.80. The molecule has 2 aromatic rings. The van der Waals surface area contributed by atoms with Gasteiger partial charge in [-0.05, 0) is 17.7 Å². The lowest BCUT2D eigenvalue weighted by Crippen LogP contribution is -2.36. The van der Waals surface area contributed by atoms with Crippen LogP contribution in [0.4, 0.5) is 10.5 Å². The first kappa shape index (κ1) is 15.6. The fourth-order valence-corrected chi connectivity index (χ4v) is 2.52. The Hall–Kier alpha value is -2.31. The number of furan rings is 1. The van der Waals surface area contributed by atoms with Gasteiger partial charge in [0.25, 0.3) is 0 Å². The van der Waals surface area contributed by atoms with Crippen LogP contribution < -0.4 is 10.6 Å². The molecule has 0 saturated carbocycles. The molecule has 2 N–H and O–H groups in total. The monoisotopic (exact) mass is 315 g/mol. The highest BCUT2D eigenvalue weighted by Gasteiger charge is 2.13. The smallest absolute Gasteiger partial charge is 0.319 e. The molecule has 1 saturated heterocycles. The minimum Gasteiger partial charge on any atom is -0.472 e. The van der Waals surface area contributed by atoms with E-state index in [1.54, 1.807) is 12.5 Å². The van der Waals surface area contributed by atoms with Crippen molar-refractivity contribution in [3.05, 3.63) is 54.0 Å². The standard InChI is InChI=1S/C17H21N3O3/c21-17(18-11-14-5-8-23-13-14)19-16-4-2-1-3-15(16)12-20-6-9-22-10-7-20/h1-5,8,13H,6-7,9-12H2,(H2,18,19,21). The van der Waals surface area contributed by atoms with Crippen LogP contribution >= 0.6 is 0 Å². The number of para-hydroxylation sites is 1. The number of nitrogens with one attached hydrogen (secondary N) is 2. The SMILES string of the molecule is O=C(NCc1ccoc1)Nc1ccccc1CN1CCOCC1. The normalized spacial score (nSPS) is 15.3. The number of urea groups is 1. The predicted octanol–water partition coefficient (Wildman–Crippen LogP) is 2.43. The van der Waals surface area contributed by atoms with E-state index in [1.165, 1.54) is 0 Å². The Labute approximate surface area is 135 Å². The van der Waals surface area contributed by atoms with E-state index in [0.717, 1.165) is 49.7 Å². The van der Waals surface area contributed by atoms with Gasteiger partial charge in [0.15, 0.2) is 0 Å². The van der Waals surface area contributed by atoms with E-state index in [9.17, 15) is 4.79 Å². The molecule has 0 spiro atoms. The molecule has 0 unspecified atom stereocenters. The van der Waals surface area contributed by atoms with Crippen molar-refractivity contribution >= 4 is 11.7 Å². The first-order valence-electron chi connectivity index (χ1n) is 7.75. The quantitative estimate of drug-likeness (QED) is 0.889. The van der Waals surface area contributed by atoms with Gasteiger partial charge >= 0.3 is 6.03 Å². The van der Waals surface area contributed by atoms with Crippen molar-refractivity contribution in [1.29, 1.82) is 0 Å². The Morgan fingerprint density at radius 1 is 1.17 bits per heavy atom. The zero-order valence-electron chi connectivity index (χ0n) is 13.0. The van der Waals surface area contributed by atoms with Crippen LogP contribution in [0.5, 0.6) is 0 Å². The molecule has 0 aliphatic carbocycles. The number of benzene rings is 1. The van der Waals surface area contributed by atoms with Gasteiger partial charge in [-0.15, -0.1) is 0 Å². The van der Waals surface area contributed by atoms with Crippen LogP contribution in [0.15, 0.2) is 47.3 Å². The summed E-state index contributed by atoms with van der Waals surface area (Å²) in [6.45, 7) is 4.61. The molecule has 1 aliphatic rings. The lowest BCUT2D eigenvalue weighted by Gasteiger charge is -2.27. The van der Waals surface area contributed by atoms with Crippen LogP contribution in [-0.2, 0) is 17.8 Å². The highest BCUT2D eigenvalue weighted by Crippen LogP contribution is 2.18. The first-order valence-corrected chi connectivity index (χ1v) is 7.75. The van der Waals surface area contributed by atoms with E-state index in [-0.39, 0.29) is 6.03 Å². The van der Waals surface area contributed by atoms with Gasteiger partial charge < -0.3 is 19.8 Å². The molecule has 2 heterocycles. The van der Waals surface area contributed by atoms with Gasteiger partial charge in [0.1, 0.15) is 0 Å². The first-order chi connectivity index (χ1) is 11.3. The van der Waals surface area contributed by atoms with Crippen LogP contribution in [0.1, 0.15) is 11.1 Å². The average Bonchev–Trinajstić information content (AvgIpc) is 3.09. The van der Waals surface area contributed by atoms with E-state index in [1.807, 2.05) is 30.3 Å². The number of hydrogen-bond donors (Lipinski definition) is 2. The van der Waals surface area contributed by atoms with E-state index in [2.05, 4.69) is 15.5 Å². The zero-order valence-corrected chi connectivity index (χ0v) is 13.0. The van der Waals surface area contributed by atoms with Crippen molar-refractivity contribution in [1.82, 2.24) is 10.2 Å². The molecular weight excluding hydrogens is 294 g/mol. The highest BCUT2D eigenvalue weighted by molar-refractivity contribution is 5.90. The van der Waals surface area contributed by atoms with Gasteiger partial charge in [-0.2, -0.15) is 0 Å². The number of ether oxygens (including phenoxy) is 1. The molecule has 3 rings (SSSR count). The van der Waals surface area contributed by atoms with Crippen molar-refractivity contribution in [2.75, 3.05) is 31.6 Å². The second-order valence-corrected chi connectivity index (χ2v) is 5.48. The molecular formula is C17H21N3O3. The van der Waals surface area contributed by atoms with Gasteiger partial charge in [-0.25, -0.2) is 4.79 Å². The number of nitrogens with zero attached hydrogens (tertiary/aromatic N) is 1. The van der Waals surface area contributed by atoms with E-state index >= 15 is 0 Å². The summed E-state index contributed by atoms with van der Waals surface area (Å²) in [4.78, 5) is 14.4. The Balaban J connectivity index is 1.57. The fraction of sp³-hybridized carbons (Fsp3) is 0.353. The van der Waals surface area contributed by atoms with E-state index < -0.39 is 0 Å². The van der Waals surface area contributed by atoms with Crippen LogP contribution in [0, 0.1) is 0 Å². The summed E-state index contributed by atoms with van der Waals surface area (Å²) in [5, 5.41) is 5.74. The molecule has 1 aliphatic heterocycles. The fourth-order valence-electron chi connectivity index (χ4n) is 2.52. The number of hydrogen-bond acceptors (Lipinski definition) is 4. The number of anilines is 1. The van der Waals surface area contributed by atoms with E-state index in [4.69, 9.17) is 9.15 Å². The van der Waals surface area contributed by atoms with Gasteiger partial charge in [-0.3, -0.25) is 4.90 Å². The Morgan fingerprint density at radius 2 is 2.00 bits per heavy atom. The maximum absolute atomic E-state index is 12.1. The lowest BCUT2D eigenvalue weighted by atomic mass is 10.1. The molecule has 122 valence electrons. The zero-order chi connectivity index (χ0) is 15.9. The molecule has 6 heteroatoms. The van der Waals surface area contributed by atoms with Gasteiger partial charge in [-0.1, -0.05) is 18.2 Å². The molecule has 0 radical (unpaired) electrons. The molecule has 1 aromatic carbocycles. The van der Waals surface area contributed by atoms with Crippen LogP contribution in [0.3, 0.4) is 0 Å². The number of carbonyl (C=O) groups is 1. The van der Waals surface area contributed by atoms with Crippen molar-refractivity contribution in [3.8, 4) is 0 Å². The third-order valence-corrected chi connectivity index (χ3v) is 3.80. The second-order valence-electron chi connectivity index (χ2n) is 5.48. The summed E-state index contributed by atoms with van der Waals surface area (Å²) in [7, 11) is 0. The Kier molecular flexibility index (Phi) is 5.29. The molecule has 0 atom stereocenters. The largest absolute Gasteiger partial charge is 0.472 e. The molecule has 1 aromatic heterocycles. The van der Waals surface area contributed by atoms with Crippen molar-refractivity contribution in [2.24, 2.45) is 0 Å². The predicted molar refractivity (Wildman–Crippen MR) is 87.1 cm³/mol. The molecule has 23 heavy (non-hydrogen) atoms. The summed E-state index contributed by atoms with van der Waals surface area (Å²) >= 11 is 0. The van der Waals surface area contributed by atoms with Gasteiger partial charge in [0.05, 0.1) is 25.7 Å². The van der Waals surface area contributed by atoms with Crippen molar-refractivity contribution in [3.63, 3.8) is 0 Å². The number of carbonyl (C=O) groups excluding carboxylic acids is 1. The molecule has 0 bridgehead atoms. The number of rotatable bonds is 5. The molecule has 6 nitrogen and oxygen atoms in total. The summed E-state index contributed by atoms with van der Waals surface area (Å²) < 4.78 is 10.4. The van der Waals surface area contributed by atoms with Crippen LogP contribution in [0.25, 0.3) is 0 Å². The summed E-state index contributed by atoms with van der Waals surface area (Å²) in [6, 6.07) is 9.49. The molecule has 1 fully saturated rings. The topological polar surface area (TPSA) is 66.7 Å². The van der Waals surface area contributed by atoms with Crippen molar-refractivity contribution in [2.45, 2.75) is 13.1 Å². The minimum atomic E-state index is -0.222. The minimum absolute atomic E-state index is 0.222. The van der Waals surface area contributed by atoms with Gasteiger partial charge in [0, 0.05) is 37.4 Å². The van der Waals surface area contributed by atoms with Crippen LogP contribution in [-0.4, -0.2) is 37.2 Å². The average molecular weight is 315 g/mol. The van der Waals surface area contributed by atoms with Crippen molar-refractivity contribution < 1.29 is 13.9 Å².